The molecule has 3 aromatic rings. The average molecular weight is 371 g/mol. The molecule has 132 valence electrons. The Labute approximate surface area is 155 Å². The Kier molecular flexibility index (Phi) is 5.76. The first-order valence-corrected chi connectivity index (χ1v) is 8.35. The van der Waals surface area contributed by atoms with E-state index >= 15 is 0 Å². The number of amides is 1. The first-order valence-electron chi connectivity index (χ1n) is 7.97. The highest BCUT2D eigenvalue weighted by atomic mass is 35.5. The summed E-state index contributed by atoms with van der Waals surface area (Å²) in [7, 11) is 0. The minimum absolute atomic E-state index is 0.249. The first kappa shape index (κ1) is 17.8. The van der Waals surface area contributed by atoms with Crippen LogP contribution in [0.25, 0.3) is 0 Å². The molecule has 0 spiro atoms. The topological polar surface area (TPSA) is 66.9 Å². The van der Waals surface area contributed by atoms with Gasteiger partial charge in [0.05, 0.1) is 0 Å². The summed E-state index contributed by atoms with van der Waals surface area (Å²) in [5, 5.41) is 6.48. The lowest BCUT2D eigenvalue weighted by atomic mass is 10.1. The normalized spacial score (nSPS) is 10.4. The second-order valence-corrected chi connectivity index (χ2v) is 5.99. The third kappa shape index (κ3) is 5.00. The summed E-state index contributed by atoms with van der Waals surface area (Å²) in [6.45, 7) is 0.598. The fraction of sp³-hybridized carbons (Fsp3) is 0.105. The van der Waals surface area contributed by atoms with Gasteiger partial charge >= 0.3 is 0 Å². The number of carbonyl (C=O) groups is 1. The molecule has 0 aliphatic carbocycles. The molecule has 0 atom stereocenters. The van der Waals surface area contributed by atoms with Gasteiger partial charge in [-0.3, -0.25) is 4.79 Å². The van der Waals surface area contributed by atoms with Crippen LogP contribution >= 0.6 is 11.6 Å². The third-order valence-corrected chi connectivity index (χ3v) is 3.89. The predicted octanol–water partition coefficient (Wildman–Crippen LogP) is 4.18. The van der Waals surface area contributed by atoms with Crippen LogP contribution in [-0.2, 0) is 6.42 Å². The molecule has 1 amide bonds. The van der Waals surface area contributed by atoms with E-state index in [1.807, 2.05) is 0 Å². The Bertz CT molecular complexity index is 885. The van der Waals surface area contributed by atoms with Gasteiger partial charge in [0.15, 0.2) is 0 Å². The van der Waals surface area contributed by atoms with E-state index in [0.29, 0.717) is 29.5 Å². The number of nitrogens with zero attached hydrogens (tertiary/aromatic N) is 2. The molecular formula is C19H16ClFN4O. The van der Waals surface area contributed by atoms with Gasteiger partial charge in [-0.2, -0.15) is 0 Å². The monoisotopic (exact) mass is 370 g/mol. The molecule has 0 unspecified atom stereocenters. The minimum atomic E-state index is -0.337. The summed E-state index contributed by atoms with van der Waals surface area (Å²) in [6.07, 6.45) is 2.04. The van der Waals surface area contributed by atoms with Crippen LogP contribution in [0.5, 0.6) is 0 Å². The van der Waals surface area contributed by atoms with Crippen molar-refractivity contribution in [1.29, 1.82) is 0 Å². The minimum Gasteiger partial charge on any atom is -0.370 e. The van der Waals surface area contributed by atoms with E-state index in [4.69, 9.17) is 11.6 Å². The van der Waals surface area contributed by atoms with Crippen molar-refractivity contribution in [3.05, 3.63) is 83.0 Å². The largest absolute Gasteiger partial charge is 0.370 e. The molecule has 0 radical (unpaired) electrons. The zero-order valence-electron chi connectivity index (χ0n) is 13.7. The third-order valence-electron chi connectivity index (χ3n) is 3.63. The number of benzene rings is 2. The molecule has 1 aromatic heterocycles. The molecule has 0 saturated carbocycles. The molecule has 2 aromatic carbocycles. The van der Waals surface area contributed by atoms with Gasteiger partial charge in [0.1, 0.15) is 23.7 Å². The molecule has 1 heterocycles. The van der Waals surface area contributed by atoms with E-state index in [1.54, 1.807) is 42.5 Å². The summed E-state index contributed by atoms with van der Waals surface area (Å²) in [4.78, 5) is 20.4. The Morgan fingerprint density at radius 3 is 2.50 bits per heavy atom. The summed E-state index contributed by atoms with van der Waals surface area (Å²) in [5.74, 6) is -0.0477. The fourth-order valence-corrected chi connectivity index (χ4v) is 2.42. The van der Waals surface area contributed by atoms with Crippen molar-refractivity contribution >= 4 is 29.0 Å². The van der Waals surface area contributed by atoms with E-state index < -0.39 is 0 Å². The van der Waals surface area contributed by atoms with Gasteiger partial charge in [-0.25, -0.2) is 14.4 Å². The molecule has 0 aliphatic heterocycles. The Morgan fingerprint density at radius 2 is 1.77 bits per heavy atom. The fourth-order valence-electron chi connectivity index (χ4n) is 2.29. The van der Waals surface area contributed by atoms with Crippen molar-refractivity contribution in [1.82, 2.24) is 9.97 Å². The Morgan fingerprint density at radius 1 is 1.04 bits per heavy atom. The van der Waals surface area contributed by atoms with Gasteiger partial charge in [-0.15, -0.1) is 0 Å². The molecule has 7 heteroatoms. The van der Waals surface area contributed by atoms with Crippen molar-refractivity contribution in [3.63, 3.8) is 0 Å². The molecule has 3 rings (SSSR count). The van der Waals surface area contributed by atoms with Crippen LogP contribution in [0.2, 0.25) is 5.02 Å². The lowest BCUT2D eigenvalue weighted by Crippen LogP contribution is -2.15. The maximum atomic E-state index is 12.9. The maximum absolute atomic E-state index is 12.9. The second kappa shape index (κ2) is 8.40. The average Bonchev–Trinajstić information content (AvgIpc) is 2.65. The smallest absolute Gasteiger partial charge is 0.274 e. The van der Waals surface area contributed by atoms with Crippen molar-refractivity contribution in [2.24, 2.45) is 0 Å². The van der Waals surface area contributed by atoms with Crippen LogP contribution in [0.4, 0.5) is 15.9 Å². The van der Waals surface area contributed by atoms with Gasteiger partial charge in [0, 0.05) is 23.3 Å². The van der Waals surface area contributed by atoms with Crippen LogP contribution in [-0.4, -0.2) is 22.4 Å². The number of halogens is 2. The summed E-state index contributed by atoms with van der Waals surface area (Å²) in [5.41, 5.74) is 1.89. The Hall–Kier alpha value is -2.99. The number of rotatable bonds is 6. The predicted molar refractivity (Wildman–Crippen MR) is 100 cm³/mol. The van der Waals surface area contributed by atoms with E-state index in [9.17, 15) is 9.18 Å². The molecule has 0 saturated heterocycles. The van der Waals surface area contributed by atoms with Crippen molar-refractivity contribution in [3.8, 4) is 0 Å². The number of anilines is 2. The summed E-state index contributed by atoms with van der Waals surface area (Å²) < 4.78 is 12.9. The summed E-state index contributed by atoms with van der Waals surface area (Å²) >= 11 is 5.83. The van der Waals surface area contributed by atoms with Gasteiger partial charge in [0.2, 0.25) is 0 Å². The van der Waals surface area contributed by atoms with Gasteiger partial charge < -0.3 is 10.6 Å². The molecule has 0 aliphatic rings. The molecule has 0 fully saturated rings. The van der Waals surface area contributed by atoms with Crippen LogP contribution < -0.4 is 10.6 Å². The van der Waals surface area contributed by atoms with Crippen molar-refractivity contribution < 1.29 is 9.18 Å². The van der Waals surface area contributed by atoms with Gasteiger partial charge in [0.25, 0.3) is 5.91 Å². The van der Waals surface area contributed by atoms with Crippen LogP contribution in [0.15, 0.2) is 60.9 Å². The first-order chi connectivity index (χ1) is 12.6. The number of hydrogen-bond acceptors (Lipinski definition) is 4. The standard InChI is InChI=1S/C19H16ClFN4O/c20-14-3-7-16(8-4-14)25-19(26)17-11-18(24-12-23-17)22-10-9-13-1-5-15(21)6-2-13/h1-8,11-12H,9-10H2,(H,25,26)(H,22,23,24). The van der Waals surface area contributed by atoms with Crippen molar-refractivity contribution in [2.45, 2.75) is 6.42 Å². The lowest BCUT2D eigenvalue weighted by Gasteiger charge is -2.08. The van der Waals surface area contributed by atoms with Crippen molar-refractivity contribution in [2.75, 3.05) is 17.2 Å². The van der Waals surface area contributed by atoms with E-state index in [-0.39, 0.29) is 17.4 Å². The lowest BCUT2D eigenvalue weighted by molar-refractivity contribution is 0.102. The molecule has 0 bridgehead atoms. The SMILES string of the molecule is O=C(Nc1ccc(Cl)cc1)c1cc(NCCc2ccc(F)cc2)ncn1. The number of hydrogen-bond donors (Lipinski definition) is 2. The molecule has 26 heavy (non-hydrogen) atoms. The van der Waals surface area contributed by atoms with Gasteiger partial charge in [-0.05, 0) is 48.4 Å². The zero-order valence-corrected chi connectivity index (χ0v) is 14.5. The van der Waals surface area contributed by atoms with Crippen LogP contribution in [0.1, 0.15) is 16.1 Å². The highest BCUT2D eigenvalue weighted by Gasteiger charge is 2.09. The molecular weight excluding hydrogens is 355 g/mol. The molecule has 2 N–H and O–H groups in total. The summed E-state index contributed by atoms with van der Waals surface area (Å²) in [6, 6.07) is 14.7. The second-order valence-electron chi connectivity index (χ2n) is 5.55. The highest BCUT2D eigenvalue weighted by molar-refractivity contribution is 6.30. The Balaban J connectivity index is 1.57. The zero-order chi connectivity index (χ0) is 18.4. The number of carbonyl (C=O) groups excluding carboxylic acids is 1. The van der Waals surface area contributed by atoms with Crippen LogP contribution in [0, 0.1) is 5.82 Å². The number of nitrogens with one attached hydrogen (secondary N) is 2. The highest BCUT2D eigenvalue weighted by Crippen LogP contribution is 2.14. The van der Waals surface area contributed by atoms with E-state index in [2.05, 4.69) is 20.6 Å². The van der Waals surface area contributed by atoms with Gasteiger partial charge in [-0.1, -0.05) is 23.7 Å². The maximum Gasteiger partial charge on any atom is 0.274 e. The molecule has 5 nitrogen and oxygen atoms in total. The number of aromatic nitrogens is 2. The van der Waals surface area contributed by atoms with Crippen LogP contribution in [0.3, 0.4) is 0 Å². The van der Waals surface area contributed by atoms with E-state index in [0.717, 1.165) is 5.56 Å². The van der Waals surface area contributed by atoms with E-state index in [1.165, 1.54) is 18.5 Å². The quantitative estimate of drug-likeness (QED) is 0.683.